The van der Waals surface area contributed by atoms with Crippen LogP contribution in [0.3, 0.4) is 0 Å². The van der Waals surface area contributed by atoms with E-state index in [0.29, 0.717) is 6.54 Å². The Balaban J connectivity index is 1.87. The molecule has 110 valence electrons. The summed E-state index contributed by atoms with van der Waals surface area (Å²) in [5.41, 5.74) is 1.77. The van der Waals surface area contributed by atoms with Crippen LogP contribution < -0.4 is 10.6 Å². The summed E-state index contributed by atoms with van der Waals surface area (Å²) >= 11 is 0. The highest BCUT2D eigenvalue weighted by atomic mass is 19.1. The van der Waals surface area contributed by atoms with E-state index in [2.05, 4.69) is 10.6 Å². The molecule has 0 fully saturated rings. The van der Waals surface area contributed by atoms with Crippen LogP contribution in [-0.4, -0.2) is 12.5 Å². The zero-order valence-electron chi connectivity index (χ0n) is 11.6. The zero-order chi connectivity index (χ0) is 15.2. The van der Waals surface area contributed by atoms with Gasteiger partial charge in [-0.1, -0.05) is 30.3 Å². The van der Waals surface area contributed by atoms with E-state index in [1.807, 2.05) is 31.2 Å². The fourth-order valence-electron chi connectivity index (χ4n) is 1.92. The van der Waals surface area contributed by atoms with Gasteiger partial charge < -0.3 is 10.6 Å². The third-order valence-corrected chi connectivity index (χ3v) is 3.09. The van der Waals surface area contributed by atoms with Crippen LogP contribution in [0.4, 0.5) is 14.5 Å². The van der Waals surface area contributed by atoms with E-state index in [4.69, 9.17) is 0 Å². The lowest BCUT2D eigenvalue weighted by molar-refractivity contribution is -0.115. The molecule has 5 heteroatoms. The van der Waals surface area contributed by atoms with E-state index in [9.17, 15) is 13.6 Å². The van der Waals surface area contributed by atoms with Gasteiger partial charge in [0.15, 0.2) is 0 Å². The van der Waals surface area contributed by atoms with Crippen molar-refractivity contribution >= 4 is 11.6 Å². The van der Waals surface area contributed by atoms with E-state index in [1.54, 1.807) is 0 Å². The Bertz CT molecular complexity index is 624. The monoisotopic (exact) mass is 290 g/mol. The molecule has 3 nitrogen and oxygen atoms in total. The summed E-state index contributed by atoms with van der Waals surface area (Å²) in [7, 11) is 0. The Morgan fingerprint density at radius 3 is 2.38 bits per heavy atom. The molecule has 0 aliphatic rings. The van der Waals surface area contributed by atoms with Crippen molar-refractivity contribution in [2.75, 3.05) is 11.9 Å². The number of hydrogen-bond acceptors (Lipinski definition) is 2. The Labute approximate surface area is 122 Å². The van der Waals surface area contributed by atoms with Gasteiger partial charge in [-0.3, -0.25) is 4.79 Å². The van der Waals surface area contributed by atoms with Crippen LogP contribution in [0.2, 0.25) is 0 Å². The number of rotatable bonds is 5. The normalized spacial score (nSPS) is 10.4. The molecular weight excluding hydrogens is 274 g/mol. The number of halogens is 2. The SMILES string of the molecule is Cc1ccccc1CNCC(=O)Nc1c(F)cccc1F. The summed E-state index contributed by atoms with van der Waals surface area (Å²) in [6.07, 6.45) is 0. The molecule has 0 heterocycles. The molecule has 0 spiro atoms. The van der Waals surface area contributed by atoms with E-state index >= 15 is 0 Å². The van der Waals surface area contributed by atoms with Gasteiger partial charge in [0.1, 0.15) is 17.3 Å². The molecule has 0 atom stereocenters. The van der Waals surface area contributed by atoms with E-state index in [-0.39, 0.29) is 6.54 Å². The van der Waals surface area contributed by atoms with Gasteiger partial charge in [0.05, 0.1) is 6.54 Å². The fraction of sp³-hybridized carbons (Fsp3) is 0.188. The fourth-order valence-corrected chi connectivity index (χ4v) is 1.92. The van der Waals surface area contributed by atoms with Crippen molar-refractivity contribution in [3.8, 4) is 0 Å². The van der Waals surface area contributed by atoms with Gasteiger partial charge in [0.2, 0.25) is 5.91 Å². The van der Waals surface area contributed by atoms with Crippen molar-refractivity contribution in [1.29, 1.82) is 0 Å². The molecule has 0 saturated heterocycles. The second-order valence-electron chi connectivity index (χ2n) is 4.67. The number of nitrogens with one attached hydrogen (secondary N) is 2. The zero-order valence-corrected chi connectivity index (χ0v) is 11.6. The molecule has 0 aromatic heterocycles. The van der Waals surface area contributed by atoms with Gasteiger partial charge >= 0.3 is 0 Å². The summed E-state index contributed by atoms with van der Waals surface area (Å²) in [5.74, 6) is -2.07. The molecule has 2 aromatic rings. The lowest BCUT2D eigenvalue weighted by Crippen LogP contribution is -2.28. The van der Waals surface area contributed by atoms with Crippen molar-refractivity contribution in [2.24, 2.45) is 0 Å². The number of carbonyl (C=O) groups excluding carboxylic acids is 1. The van der Waals surface area contributed by atoms with E-state index in [1.165, 1.54) is 6.07 Å². The topological polar surface area (TPSA) is 41.1 Å². The minimum atomic E-state index is -0.790. The van der Waals surface area contributed by atoms with Gasteiger partial charge in [-0.2, -0.15) is 0 Å². The Morgan fingerprint density at radius 1 is 1.05 bits per heavy atom. The summed E-state index contributed by atoms with van der Waals surface area (Å²) < 4.78 is 26.8. The number of aryl methyl sites for hydroxylation is 1. The molecule has 0 aliphatic heterocycles. The van der Waals surface area contributed by atoms with Crippen LogP contribution >= 0.6 is 0 Å². The largest absolute Gasteiger partial charge is 0.320 e. The number of anilines is 1. The summed E-state index contributed by atoms with van der Waals surface area (Å²) in [4.78, 5) is 11.7. The van der Waals surface area contributed by atoms with Gasteiger partial charge in [-0.05, 0) is 30.2 Å². The van der Waals surface area contributed by atoms with Crippen molar-refractivity contribution in [2.45, 2.75) is 13.5 Å². The lowest BCUT2D eigenvalue weighted by atomic mass is 10.1. The Hall–Kier alpha value is -2.27. The van der Waals surface area contributed by atoms with E-state index in [0.717, 1.165) is 23.3 Å². The Kier molecular flexibility index (Phi) is 5.00. The molecule has 2 aromatic carbocycles. The minimum absolute atomic E-state index is 0.0257. The molecule has 21 heavy (non-hydrogen) atoms. The number of amides is 1. The highest BCUT2D eigenvalue weighted by Crippen LogP contribution is 2.17. The van der Waals surface area contributed by atoms with Crippen molar-refractivity contribution in [3.05, 3.63) is 65.2 Å². The molecule has 1 amide bonds. The molecule has 0 saturated carbocycles. The first-order valence-corrected chi connectivity index (χ1v) is 6.57. The first kappa shape index (κ1) is 15.1. The number of hydrogen-bond donors (Lipinski definition) is 2. The molecule has 0 bridgehead atoms. The average Bonchev–Trinajstić information content (AvgIpc) is 2.45. The van der Waals surface area contributed by atoms with Crippen LogP contribution in [0.5, 0.6) is 0 Å². The van der Waals surface area contributed by atoms with Crippen LogP contribution in [0.1, 0.15) is 11.1 Å². The first-order valence-electron chi connectivity index (χ1n) is 6.57. The number of carbonyl (C=O) groups is 1. The van der Waals surface area contributed by atoms with Crippen LogP contribution in [0, 0.1) is 18.6 Å². The van der Waals surface area contributed by atoms with Crippen LogP contribution in [-0.2, 0) is 11.3 Å². The third kappa shape index (κ3) is 4.10. The third-order valence-electron chi connectivity index (χ3n) is 3.09. The molecule has 0 unspecified atom stereocenters. The maximum absolute atomic E-state index is 13.4. The summed E-state index contributed by atoms with van der Waals surface area (Å²) in [5, 5.41) is 5.17. The average molecular weight is 290 g/mol. The van der Waals surface area contributed by atoms with Crippen LogP contribution in [0.25, 0.3) is 0 Å². The highest BCUT2D eigenvalue weighted by Gasteiger charge is 2.11. The second kappa shape index (κ2) is 6.95. The quantitative estimate of drug-likeness (QED) is 0.889. The number of benzene rings is 2. The second-order valence-corrected chi connectivity index (χ2v) is 4.67. The predicted octanol–water partition coefficient (Wildman–Crippen LogP) is 3.00. The smallest absolute Gasteiger partial charge is 0.238 e. The molecule has 2 N–H and O–H groups in total. The summed E-state index contributed by atoms with van der Waals surface area (Å²) in [6, 6.07) is 11.2. The van der Waals surface area contributed by atoms with E-state index < -0.39 is 23.2 Å². The maximum Gasteiger partial charge on any atom is 0.238 e. The molecular formula is C16H16F2N2O. The molecule has 0 aliphatic carbocycles. The Morgan fingerprint density at radius 2 is 1.71 bits per heavy atom. The van der Waals surface area contributed by atoms with Gasteiger partial charge in [-0.25, -0.2) is 8.78 Å². The highest BCUT2D eigenvalue weighted by molar-refractivity contribution is 5.92. The number of para-hydroxylation sites is 1. The molecule has 0 radical (unpaired) electrons. The lowest BCUT2D eigenvalue weighted by Gasteiger charge is -2.09. The van der Waals surface area contributed by atoms with Crippen molar-refractivity contribution in [3.63, 3.8) is 0 Å². The van der Waals surface area contributed by atoms with Crippen molar-refractivity contribution < 1.29 is 13.6 Å². The minimum Gasteiger partial charge on any atom is -0.320 e. The van der Waals surface area contributed by atoms with Gasteiger partial charge in [0.25, 0.3) is 0 Å². The van der Waals surface area contributed by atoms with Gasteiger partial charge in [0, 0.05) is 6.54 Å². The van der Waals surface area contributed by atoms with Crippen molar-refractivity contribution in [1.82, 2.24) is 5.32 Å². The maximum atomic E-state index is 13.4. The van der Waals surface area contributed by atoms with Crippen LogP contribution in [0.15, 0.2) is 42.5 Å². The van der Waals surface area contributed by atoms with Gasteiger partial charge in [-0.15, -0.1) is 0 Å². The standard InChI is InChI=1S/C16H16F2N2O/c1-11-5-2-3-6-12(11)9-19-10-15(21)20-16-13(17)7-4-8-14(16)18/h2-8,19H,9-10H2,1H3,(H,20,21). The molecule has 2 rings (SSSR count). The first-order chi connectivity index (χ1) is 10.1. The summed E-state index contributed by atoms with van der Waals surface area (Å²) in [6.45, 7) is 2.47. The predicted molar refractivity (Wildman–Crippen MR) is 77.9 cm³/mol.